The molecule has 0 aliphatic heterocycles. The Morgan fingerprint density at radius 2 is 2.00 bits per heavy atom. The van der Waals surface area contributed by atoms with E-state index in [1.165, 1.54) is 14.1 Å². The van der Waals surface area contributed by atoms with Crippen molar-refractivity contribution in [2.45, 2.75) is 26.3 Å². The Kier molecular flexibility index (Phi) is 3.28. The molecule has 84 valence electrons. The van der Waals surface area contributed by atoms with Crippen molar-refractivity contribution in [1.29, 1.82) is 0 Å². The quantitative estimate of drug-likeness (QED) is 0.746. The van der Waals surface area contributed by atoms with Gasteiger partial charge in [-0.15, -0.1) is 5.10 Å². The molecule has 1 aromatic rings. The molecule has 0 radical (unpaired) electrons. The van der Waals surface area contributed by atoms with Crippen molar-refractivity contribution in [2.24, 2.45) is 14.1 Å². The molecule has 0 aliphatic carbocycles. The number of anilines is 1. The number of aromatic nitrogens is 3. The molecule has 1 rings (SSSR count). The molecule has 0 aromatic carbocycles. The molecule has 1 atom stereocenters. The van der Waals surface area contributed by atoms with Gasteiger partial charge in [-0.1, -0.05) is 6.92 Å². The number of rotatable bonds is 3. The minimum atomic E-state index is -0.422. The molecular weight excluding hydrogens is 196 g/mol. The highest BCUT2D eigenvalue weighted by molar-refractivity contribution is 5.30. The van der Waals surface area contributed by atoms with Crippen LogP contribution in [-0.4, -0.2) is 20.4 Å². The molecule has 0 amide bonds. The molecule has 0 bridgehead atoms. The molecule has 0 spiro atoms. The lowest BCUT2D eigenvalue weighted by atomic mass is 10.3. The van der Waals surface area contributed by atoms with Gasteiger partial charge in [-0.2, -0.15) is 0 Å². The van der Waals surface area contributed by atoms with Gasteiger partial charge in [-0.05, 0) is 13.3 Å². The van der Waals surface area contributed by atoms with Crippen LogP contribution in [0.1, 0.15) is 20.3 Å². The van der Waals surface area contributed by atoms with E-state index in [-0.39, 0.29) is 11.9 Å². The zero-order chi connectivity index (χ0) is 11.6. The predicted molar refractivity (Wildman–Crippen MR) is 58.1 cm³/mol. The van der Waals surface area contributed by atoms with Crippen LogP contribution in [0.25, 0.3) is 0 Å². The van der Waals surface area contributed by atoms with Gasteiger partial charge in [-0.3, -0.25) is 9.36 Å². The third-order valence-electron chi connectivity index (χ3n) is 2.32. The van der Waals surface area contributed by atoms with Gasteiger partial charge in [0.25, 0.3) is 5.56 Å². The van der Waals surface area contributed by atoms with E-state index < -0.39 is 11.2 Å². The maximum atomic E-state index is 11.6. The number of nitrogens with zero attached hydrogens (tertiary/aromatic N) is 3. The maximum Gasteiger partial charge on any atom is 0.346 e. The van der Waals surface area contributed by atoms with Crippen LogP contribution in [0.3, 0.4) is 0 Å². The van der Waals surface area contributed by atoms with Crippen molar-refractivity contribution in [3.05, 3.63) is 20.8 Å². The summed E-state index contributed by atoms with van der Waals surface area (Å²) in [5.41, 5.74) is -0.812. The molecule has 6 heteroatoms. The first-order valence-corrected chi connectivity index (χ1v) is 4.88. The average Bonchev–Trinajstić information content (AvgIpc) is 2.22. The van der Waals surface area contributed by atoms with Crippen molar-refractivity contribution in [1.82, 2.24) is 14.3 Å². The van der Waals surface area contributed by atoms with Crippen LogP contribution in [0.2, 0.25) is 0 Å². The monoisotopic (exact) mass is 212 g/mol. The number of hydrogen-bond acceptors (Lipinski definition) is 4. The average molecular weight is 212 g/mol. The fourth-order valence-electron chi connectivity index (χ4n) is 1.12. The number of aryl methyl sites for hydroxylation is 1. The van der Waals surface area contributed by atoms with Crippen molar-refractivity contribution < 1.29 is 0 Å². The molecule has 1 unspecified atom stereocenters. The van der Waals surface area contributed by atoms with Gasteiger partial charge >= 0.3 is 5.69 Å². The standard InChI is InChI=1S/C9H16N4O2/c1-5-6(2)10-7-8(14)12(3)9(15)13(4)11-7/h6H,5H2,1-4H3,(H,10,11). The molecule has 0 saturated heterocycles. The Balaban J connectivity index is 3.21. The molecule has 1 heterocycles. The molecule has 1 aromatic heterocycles. The Morgan fingerprint density at radius 1 is 1.40 bits per heavy atom. The fourth-order valence-corrected chi connectivity index (χ4v) is 1.12. The van der Waals surface area contributed by atoms with E-state index >= 15 is 0 Å². The van der Waals surface area contributed by atoms with Gasteiger partial charge in [0.05, 0.1) is 0 Å². The number of nitrogens with one attached hydrogen (secondary N) is 1. The molecule has 0 saturated carbocycles. The molecular formula is C9H16N4O2. The van der Waals surface area contributed by atoms with Crippen molar-refractivity contribution >= 4 is 5.82 Å². The first-order chi connectivity index (χ1) is 6.97. The summed E-state index contributed by atoms with van der Waals surface area (Å²) in [6.07, 6.45) is 0.883. The highest BCUT2D eigenvalue weighted by atomic mass is 16.2. The van der Waals surface area contributed by atoms with Gasteiger partial charge in [0.2, 0.25) is 5.82 Å². The highest BCUT2D eigenvalue weighted by Gasteiger charge is 2.09. The summed E-state index contributed by atoms with van der Waals surface area (Å²) in [5.74, 6) is 0.217. The van der Waals surface area contributed by atoms with Crippen LogP contribution in [0.15, 0.2) is 9.59 Å². The van der Waals surface area contributed by atoms with Crippen molar-refractivity contribution in [3.63, 3.8) is 0 Å². The van der Waals surface area contributed by atoms with Crippen LogP contribution < -0.4 is 16.6 Å². The van der Waals surface area contributed by atoms with Crippen LogP contribution in [0, 0.1) is 0 Å². The van der Waals surface area contributed by atoms with E-state index in [1.807, 2.05) is 13.8 Å². The first kappa shape index (κ1) is 11.5. The summed E-state index contributed by atoms with van der Waals surface area (Å²) in [5, 5.41) is 6.85. The van der Waals surface area contributed by atoms with E-state index in [2.05, 4.69) is 10.4 Å². The summed E-state index contributed by atoms with van der Waals surface area (Å²) in [7, 11) is 2.96. The summed E-state index contributed by atoms with van der Waals surface area (Å²) in [6.45, 7) is 3.95. The second-order valence-electron chi connectivity index (χ2n) is 3.57. The summed E-state index contributed by atoms with van der Waals surface area (Å²) in [4.78, 5) is 23.0. The van der Waals surface area contributed by atoms with Gasteiger partial charge in [0, 0.05) is 20.1 Å². The largest absolute Gasteiger partial charge is 0.362 e. The van der Waals surface area contributed by atoms with Gasteiger partial charge in [-0.25, -0.2) is 9.48 Å². The second kappa shape index (κ2) is 4.29. The van der Waals surface area contributed by atoms with E-state index in [4.69, 9.17) is 0 Å². The van der Waals surface area contributed by atoms with Crippen molar-refractivity contribution in [2.75, 3.05) is 5.32 Å². The minimum absolute atomic E-state index is 0.155. The Bertz CT molecular complexity index is 460. The predicted octanol–water partition coefficient (Wildman–Crippen LogP) is -0.311. The molecule has 1 N–H and O–H groups in total. The van der Waals surface area contributed by atoms with E-state index in [0.29, 0.717) is 0 Å². The lowest BCUT2D eigenvalue weighted by molar-refractivity contribution is 0.598. The van der Waals surface area contributed by atoms with Crippen molar-refractivity contribution in [3.8, 4) is 0 Å². The molecule has 6 nitrogen and oxygen atoms in total. The third-order valence-corrected chi connectivity index (χ3v) is 2.32. The Morgan fingerprint density at radius 3 is 2.53 bits per heavy atom. The molecule has 0 aliphatic rings. The van der Waals surface area contributed by atoms with E-state index in [0.717, 1.165) is 15.7 Å². The van der Waals surface area contributed by atoms with E-state index in [1.54, 1.807) is 0 Å². The first-order valence-electron chi connectivity index (χ1n) is 4.88. The van der Waals surface area contributed by atoms with Crippen LogP contribution >= 0.6 is 0 Å². The zero-order valence-electron chi connectivity index (χ0n) is 9.44. The van der Waals surface area contributed by atoms with Crippen LogP contribution in [0.5, 0.6) is 0 Å². The van der Waals surface area contributed by atoms with Crippen LogP contribution in [-0.2, 0) is 14.1 Å². The fraction of sp³-hybridized carbons (Fsp3) is 0.667. The second-order valence-corrected chi connectivity index (χ2v) is 3.57. The molecule has 0 fully saturated rings. The smallest absolute Gasteiger partial charge is 0.346 e. The lowest BCUT2D eigenvalue weighted by Gasteiger charge is -2.12. The SMILES string of the molecule is CCC(C)Nc1nn(C)c(=O)n(C)c1=O. The van der Waals surface area contributed by atoms with Gasteiger partial charge < -0.3 is 5.32 Å². The highest BCUT2D eigenvalue weighted by Crippen LogP contribution is 1.97. The molecule has 15 heavy (non-hydrogen) atoms. The minimum Gasteiger partial charge on any atom is -0.362 e. The normalized spacial score (nSPS) is 12.5. The zero-order valence-corrected chi connectivity index (χ0v) is 9.44. The number of hydrogen-bond donors (Lipinski definition) is 1. The van der Waals surface area contributed by atoms with Crippen LogP contribution in [0.4, 0.5) is 5.82 Å². The van der Waals surface area contributed by atoms with Gasteiger partial charge in [0.1, 0.15) is 0 Å². The maximum absolute atomic E-state index is 11.6. The third kappa shape index (κ3) is 2.26. The summed E-state index contributed by atoms with van der Waals surface area (Å²) in [6, 6.07) is 0.155. The summed E-state index contributed by atoms with van der Waals surface area (Å²) < 4.78 is 2.18. The lowest BCUT2D eigenvalue weighted by Crippen LogP contribution is -2.40. The van der Waals surface area contributed by atoms with E-state index in [9.17, 15) is 9.59 Å². The Hall–Kier alpha value is -1.59. The Labute approximate surface area is 87.5 Å². The topological polar surface area (TPSA) is 68.9 Å². The van der Waals surface area contributed by atoms with Gasteiger partial charge in [0.15, 0.2) is 0 Å². The summed E-state index contributed by atoms with van der Waals surface area (Å²) >= 11 is 0.